The smallest absolute Gasteiger partial charge is 0.329 e. The Labute approximate surface area is 197 Å². The van der Waals surface area contributed by atoms with Gasteiger partial charge in [0.2, 0.25) is 5.91 Å². The first-order valence-electron chi connectivity index (χ1n) is 11.5. The van der Waals surface area contributed by atoms with Gasteiger partial charge in [0, 0.05) is 26.6 Å². The molecule has 0 spiro atoms. The molecule has 1 saturated heterocycles. The third kappa shape index (κ3) is 4.23. The van der Waals surface area contributed by atoms with Crippen molar-refractivity contribution in [2.24, 2.45) is 7.05 Å². The van der Waals surface area contributed by atoms with E-state index in [4.69, 9.17) is 9.15 Å². The number of rotatable bonds is 6. The zero-order valence-electron chi connectivity index (χ0n) is 19.4. The topological polar surface area (TPSA) is 82.5 Å². The highest BCUT2D eigenvalue weighted by Crippen LogP contribution is 2.28. The van der Waals surface area contributed by atoms with Crippen LogP contribution in [0.1, 0.15) is 36.0 Å². The number of likely N-dealkylation sites (tertiary alicyclic amines) is 1. The predicted octanol–water partition coefficient (Wildman–Crippen LogP) is 3.33. The van der Waals surface area contributed by atoms with Crippen LogP contribution in [0.4, 0.5) is 0 Å². The van der Waals surface area contributed by atoms with Gasteiger partial charge in [0.1, 0.15) is 18.1 Å². The maximum absolute atomic E-state index is 13.2. The van der Waals surface area contributed by atoms with E-state index in [1.807, 2.05) is 53.4 Å². The van der Waals surface area contributed by atoms with Crippen LogP contribution in [0.15, 0.2) is 63.9 Å². The Kier molecular flexibility index (Phi) is 5.96. The molecule has 0 bridgehead atoms. The molecule has 1 amide bonds. The van der Waals surface area contributed by atoms with Crippen LogP contribution in [0.2, 0.25) is 0 Å². The number of piperidine rings is 1. The summed E-state index contributed by atoms with van der Waals surface area (Å²) < 4.78 is 14.5. The van der Waals surface area contributed by atoms with E-state index in [0.717, 1.165) is 40.9 Å². The molecule has 34 heavy (non-hydrogen) atoms. The second-order valence-electron chi connectivity index (χ2n) is 8.79. The minimum atomic E-state index is -0.182. The maximum atomic E-state index is 13.2. The number of ether oxygens (including phenoxy) is 1. The summed E-state index contributed by atoms with van der Waals surface area (Å²) in [5, 5.41) is 0. The van der Waals surface area contributed by atoms with E-state index in [1.54, 1.807) is 29.5 Å². The quantitative estimate of drug-likeness (QED) is 0.441. The lowest BCUT2D eigenvalue weighted by atomic mass is 9.98. The number of amides is 1. The standard InChI is InChI=1S/C26H28N4O4/c1-28-22-10-3-4-11-23(22)30(26(28)32)17-24(31)29-12-6-8-19(16-29)25-27-15-21(34-25)14-18-7-5-9-20(13-18)33-2/h3-5,7,9-11,13,15,19H,6,8,12,14,16-17H2,1-2H3. The lowest BCUT2D eigenvalue weighted by Gasteiger charge is -2.31. The predicted molar refractivity (Wildman–Crippen MR) is 128 cm³/mol. The third-order valence-electron chi connectivity index (χ3n) is 6.55. The monoisotopic (exact) mass is 460 g/mol. The number of hydrogen-bond acceptors (Lipinski definition) is 5. The van der Waals surface area contributed by atoms with Crippen molar-refractivity contribution in [3.63, 3.8) is 0 Å². The number of oxazole rings is 1. The van der Waals surface area contributed by atoms with Gasteiger partial charge < -0.3 is 14.1 Å². The summed E-state index contributed by atoms with van der Waals surface area (Å²) in [5.41, 5.74) is 2.49. The Morgan fingerprint density at radius 2 is 2.00 bits per heavy atom. The molecule has 2 aromatic carbocycles. The van der Waals surface area contributed by atoms with Crippen LogP contribution in [-0.4, -0.2) is 45.1 Å². The number of aryl methyl sites for hydroxylation is 1. The first kappa shape index (κ1) is 22.0. The molecule has 1 atom stereocenters. The average Bonchev–Trinajstić information content (AvgIpc) is 3.43. The van der Waals surface area contributed by atoms with Gasteiger partial charge in [-0.05, 0) is 42.7 Å². The van der Waals surface area contributed by atoms with E-state index in [-0.39, 0.29) is 24.1 Å². The fraction of sp³-hybridized carbons (Fsp3) is 0.346. The highest BCUT2D eigenvalue weighted by atomic mass is 16.5. The zero-order valence-corrected chi connectivity index (χ0v) is 19.4. The van der Waals surface area contributed by atoms with Crippen molar-refractivity contribution >= 4 is 16.9 Å². The fourth-order valence-corrected chi connectivity index (χ4v) is 4.73. The van der Waals surface area contributed by atoms with Gasteiger partial charge in [0.15, 0.2) is 5.89 Å². The number of hydrogen-bond donors (Lipinski definition) is 0. The van der Waals surface area contributed by atoms with Crippen molar-refractivity contribution in [2.45, 2.75) is 31.7 Å². The molecule has 0 saturated carbocycles. The van der Waals surface area contributed by atoms with Gasteiger partial charge >= 0.3 is 5.69 Å². The van der Waals surface area contributed by atoms with Crippen molar-refractivity contribution in [2.75, 3.05) is 20.2 Å². The molecule has 1 fully saturated rings. The zero-order chi connectivity index (χ0) is 23.7. The van der Waals surface area contributed by atoms with E-state index >= 15 is 0 Å². The van der Waals surface area contributed by atoms with Crippen LogP contribution < -0.4 is 10.4 Å². The molecule has 176 valence electrons. The number of para-hydroxylation sites is 2. The normalized spacial score (nSPS) is 16.2. The van der Waals surface area contributed by atoms with E-state index < -0.39 is 0 Å². The number of carbonyl (C=O) groups is 1. The van der Waals surface area contributed by atoms with E-state index in [9.17, 15) is 9.59 Å². The van der Waals surface area contributed by atoms with Gasteiger partial charge in [-0.1, -0.05) is 24.3 Å². The Morgan fingerprint density at radius 3 is 2.82 bits per heavy atom. The molecule has 1 unspecified atom stereocenters. The van der Waals surface area contributed by atoms with Crippen LogP contribution >= 0.6 is 0 Å². The van der Waals surface area contributed by atoms with Crippen molar-refractivity contribution in [1.82, 2.24) is 19.0 Å². The van der Waals surface area contributed by atoms with Gasteiger partial charge in [-0.3, -0.25) is 13.9 Å². The number of aromatic nitrogens is 3. The van der Waals surface area contributed by atoms with Gasteiger partial charge in [-0.2, -0.15) is 0 Å². The summed E-state index contributed by atoms with van der Waals surface area (Å²) in [6.45, 7) is 1.24. The summed E-state index contributed by atoms with van der Waals surface area (Å²) in [6, 6.07) is 15.4. The molecule has 1 aliphatic rings. The molecular formula is C26H28N4O4. The molecule has 1 aliphatic heterocycles. The van der Waals surface area contributed by atoms with Gasteiger partial charge in [0.05, 0.1) is 30.3 Å². The summed E-state index contributed by atoms with van der Waals surface area (Å²) in [4.78, 5) is 32.2. The molecular weight excluding hydrogens is 432 g/mol. The van der Waals surface area contributed by atoms with E-state index in [2.05, 4.69) is 4.98 Å². The van der Waals surface area contributed by atoms with Crippen molar-refractivity contribution in [3.8, 4) is 5.75 Å². The molecule has 0 aliphatic carbocycles. The van der Waals surface area contributed by atoms with Crippen LogP contribution in [0.25, 0.3) is 11.0 Å². The number of benzene rings is 2. The van der Waals surface area contributed by atoms with Crippen molar-refractivity contribution < 1.29 is 13.9 Å². The van der Waals surface area contributed by atoms with Gasteiger partial charge in [-0.15, -0.1) is 0 Å². The maximum Gasteiger partial charge on any atom is 0.329 e. The summed E-state index contributed by atoms with van der Waals surface area (Å²) >= 11 is 0. The van der Waals surface area contributed by atoms with Crippen molar-refractivity contribution in [3.05, 3.63) is 82.4 Å². The minimum Gasteiger partial charge on any atom is -0.497 e. The molecule has 8 heteroatoms. The lowest BCUT2D eigenvalue weighted by molar-refractivity contribution is -0.133. The summed E-state index contributed by atoms with van der Waals surface area (Å²) in [7, 11) is 3.38. The molecule has 4 aromatic rings. The van der Waals surface area contributed by atoms with Crippen LogP contribution in [0.5, 0.6) is 5.75 Å². The molecule has 0 radical (unpaired) electrons. The number of nitrogens with zero attached hydrogens (tertiary/aromatic N) is 4. The third-order valence-corrected chi connectivity index (χ3v) is 6.55. The van der Waals surface area contributed by atoms with Crippen LogP contribution in [-0.2, 0) is 24.8 Å². The second-order valence-corrected chi connectivity index (χ2v) is 8.79. The Morgan fingerprint density at radius 1 is 1.18 bits per heavy atom. The Balaban J connectivity index is 1.28. The molecule has 5 rings (SSSR count). The Bertz CT molecular complexity index is 1380. The average molecular weight is 461 g/mol. The highest BCUT2D eigenvalue weighted by molar-refractivity contribution is 5.81. The summed E-state index contributed by atoms with van der Waals surface area (Å²) in [5.74, 6) is 2.24. The second kappa shape index (κ2) is 9.21. The molecule has 8 nitrogen and oxygen atoms in total. The van der Waals surface area contributed by atoms with Gasteiger partial charge in [0.25, 0.3) is 0 Å². The molecule has 0 N–H and O–H groups in total. The first-order valence-corrected chi connectivity index (χ1v) is 11.5. The number of imidazole rings is 1. The SMILES string of the molecule is COc1cccc(Cc2cnc(C3CCCN(C(=O)Cn4c(=O)n(C)c5ccccc54)C3)o2)c1. The van der Waals surface area contributed by atoms with Crippen LogP contribution in [0.3, 0.4) is 0 Å². The molecule has 2 aromatic heterocycles. The first-order chi connectivity index (χ1) is 16.5. The van der Waals surface area contributed by atoms with E-state index in [0.29, 0.717) is 25.4 Å². The van der Waals surface area contributed by atoms with Crippen molar-refractivity contribution in [1.29, 1.82) is 0 Å². The number of carbonyl (C=O) groups excluding carboxylic acids is 1. The largest absolute Gasteiger partial charge is 0.497 e. The van der Waals surface area contributed by atoms with Gasteiger partial charge in [-0.25, -0.2) is 9.78 Å². The summed E-state index contributed by atoms with van der Waals surface area (Å²) in [6.07, 6.45) is 4.18. The number of methoxy groups -OCH3 is 1. The lowest BCUT2D eigenvalue weighted by Crippen LogP contribution is -2.42. The van der Waals surface area contributed by atoms with E-state index in [1.165, 1.54) is 0 Å². The number of fused-ring (bicyclic) bond motifs is 1. The molecule has 3 heterocycles. The Hall–Kier alpha value is -3.81. The minimum absolute atomic E-state index is 0.0274. The fourth-order valence-electron chi connectivity index (χ4n) is 4.73. The van der Waals surface area contributed by atoms with Crippen LogP contribution in [0, 0.1) is 0 Å². The highest BCUT2D eigenvalue weighted by Gasteiger charge is 2.28.